The fourth-order valence-corrected chi connectivity index (χ4v) is 4.22. The Labute approximate surface area is 102 Å². The normalized spacial score (nSPS) is 25.3. The Bertz CT molecular complexity index is 493. The van der Waals surface area contributed by atoms with Crippen LogP contribution in [0.4, 0.5) is 0 Å². The van der Waals surface area contributed by atoms with Crippen LogP contribution in [0.3, 0.4) is 0 Å². The van der Waals surface area contributed by atoms with Gasteiger partial charge in [0.25, 0.3) is 0 Å². The molecule has 1 aromatic heterocycles. The van der Waals surface area contributed by atoms with Crippen molar-refractivity contribution >= 4 is 9.84 Å². The predicted molar refractivity (Wildman–Crippen MR) is 66.3 cm³/mol. The largest absolute Gasteiger partial charge is 0.322 e. The maximum Gasteiger partial charge on any atom is 0.150 e. The number of hydrogen-bond donors (Lipinski definition) is 1. The van der Waals surface area contributed by atoms with Gasteiger partial charge in [0.15, 0.2) is 9.84 Å². The van der Waals surface area contributed by atoms with E-state index in [1.165, 1.54) is 0 Å². The molecule has 0 aliphatic carbocycles. The van der Waals surface area contributed by atoms with E-state index in [-0.39, 0.29) is 29.5 Å². The number of nitrogens with two attached hydrogens (primary N) is 1. The first-order valence-corrected chi connectivity index (χ1v) is 7.72. The number of sulfone groups is 1. The highest BCUT2D eigenvalue weighted by Gasteiger charge is 2.34. The highest BCUT2D eigenvalue weighted by Crippen LogP contribution is 2.30. The van der Waals surface area contributed by atoms with Crippen LogP contribution in [-0.2, 0) is 9.84 Å². The Morgan fingerprint density at radius 3 is 2.76 bits per heavy atom. The molecular formula is C11H19N3O2S. The first-order valence-electron chi connectivity index (χ1n) is 5.90. The summed E-state index contributed by atoms with van der Waals surface area (Å²) in [6.45, 7) is 4.07. The minimum Gasteiger partial charge on any atom is -0.322 e. The molecule has 0 aromatic carbocycles. The van der Waals surface area contributed by atoms with E-state index in [9.17, 15) is 8.42 Å². The summed E-state index contributed by atoms with van der Waals surface area (Å²) in [6, 6.07) is 1.89. The fourth-order valence-electron chi connectivity index (χ4n) is 2.37. The van der Waals surface area contributed by atoms with Gasteiger partial charge in [-0.15, -0.1) is 0 Å². The molecule has 17 heavy (non-hydrogen) atoms. The lowest BCUT2D eigenvalue weighted by molar-refractivity contribution is 0.419. The van der Waals surface area contributed by atoms with Gasteiger partial charge in [-0.05, 0) is 32.3 Å². The maximum atomic E-state index is 11.5. The molecule has 1 saturated heterocycles. The second kappa shape index (κ2) is 4.42. The lowest BCUT2D eigenvalue weighted by Gasteiger charge is -2.20. The molecule has 2 N–H and O–H groups in total. The van der Waals surface area contributed by atoms with E-state index in [2.05, 4.69) is 5.10 Å². The predicted octanol–water partition coefficient (Wildman–Crippen LogP) is 0.899. The van der Waals surface area contributed by atoms with Gasteiger partial charge in [-0.2, -0.15) is 5.10 Å². The highest BCUT2D eigenvalue weighted by molar-refractivity contribution is 7.91. The summed E-state index contributed by atoms with van der Waals surface area (Å²) in [5.41, 5.74) is 7.11. The fraction of sp³-hybridized carbons (Fsp3) is 0.727. The van der Waals surface area contributed by atoms with E-state index in [0.29, 0.717) is 6.42 Å². The van der Waals surface area contributed by atoms with Gasteiger partial charge >= 0.3 is 0 Å². The number of aromatic nitrogens is 2. The Morgan fingerprint density at radius 1 is 1.53 bits per heavy atom. The van der Waals surface area contributed by atoms with Crippen molar-refractivity contribution < 1.29 is 8.42 Å². The van der Waals surface area contributed by atoms with Crippen molar-refractivity contribution in [3.63, 3.8) is 0 Å². The van der Waals surface area contributed by atoms with Crippen LogP contribution >= 0.6 is 0 Å². The standard InChI is InChI=1S/C11H19N3O2S/c1-8(2)14-10(3-5-13-14)11(12)9-4-6-17(15,16)7-9/h3,5,8-9,11H,4,6-7,12H2,1-2H3. The average Bonchev–Trinajstić information content (AvgIpc) is 2.82. The van der Waals surface area contributed by atoms with Crippen molar-refractivity contribution in [3.8, 4) is 0 Å². The summed E-state index contributed by atoms with van der Waals surface area (Å²) in [5.74, 6) is 0.493. The summed E-state index contributed by atoms with van der Waals surface area (Å²) < 4.78 is 24.8. The van der Waals surface area contributed by atoms with Crippen LogP contribution in [0.2, 0.25) is 0 Å². The second-order valence-electron chi connectivity index (χ2n) is 4.98. The van der Waals surface area contributed by atoms with Gasteiger partial charge in [-0.3, -0.25) is 4.68 Å². The van der Waals surface area contributed by atoms with Crippen molar-refractivity contribution in [3.05, 3.63) is 18.0 Å². The van der Waals surface area contributed by atoms with Crippen LogP contribution in [0.1, 0.15) is 38.0 Å². The molecule has 5 nitrogen and oxygen atoms in total. The van der Waals surface area contributed by atoms with Gasteiger partial charge in [0.2, 0.25) is 0 Å². The monoisotopic (exact) mass is 257 g/mol. The van der Waals surface area contributed by atoms with E-state index in [0.717, 1.165) is 5.69 Å². The van der Waals surface area contributed by atoms with Crippen LogP contribution in [0.15, 0.2) is 12.3 Å². The summed E-state index contributed by atoms with van der Waals surface area (Å²) in [4.78, 5) is 0. The van der Waals surface area contributed by atoms with Crippen molar-refractivity contribution in [2.75, 3.05) is 11.5 Å². The topological polar surface area (TPSA) is 78.0 Å². The number of nitrogens with zero attached hydrogens (tertiary/aromatic N) is 2. The first-order chi connectivity index (χ1) is 7.91. The van der Waals surface area contributed by atoms with Gasteiger partial charge in [-0.1, -0.05) is 0 Å². The molecule has 1 aromatic rings. The van der Waals surface area contributed by atoms with Crippen LogP contribution in [0.25, 0.3) is 0 Å². The van der Waals surface area contributed by atoms with Crippen molar-refractivity contribution in [1.82, 2.24) is 9.78 Å². The quantitative estimate of drug-likeness (QED) is 0.872. The van der Waals surface area contributed by atoms with E-state index >= 15 is 0 Å². The Hall–Kier alpha value is -0.880. The zero-order valence-electron chi connectivity index (χ0n) is 10.2. The molecule has 1 aliphatic rings. The third kappa shape index (κ3) is 2.52. The molecule has 1 fully saturated rings. The van der Waals surface area contributed by atoms with Gasteiger partial charge in [-0.25, -0.2) is 8.42 Å². The second-order valence-corrected chi connectivity index (χ2v) is 7.21. The Kier molecular flexibility index (Phi) is 3.27. The molecule has 0 amide bonds. The summed E-state index contributed by atoms with van der Waals surface area (Å²) >= 11 is 0. The van der Waals surface area contributed by atoms with Gasteiger partial charge in [0, 0.05) is 12.2 Å². The Balaban J connectivity index is 2.20. The van der Waals surface area contributed by atoms with Crippen LogP contribution in [0.5, 0.6) is 0 Å². The first kappa shape index (κ1) is 12.6. The third-order valence-electron chi connectivity index (χ3n) is 3.31. The minimum absolute atomic E-state index is 0.0224. The SMILES string of the molecule is CC(C)n1nccc1C(N)C1CCS(=O)(=O)C1. The third-order valence-corrected chi connectivity index (χ3v) is 5.10. The molecule has 1 aliphatic heterocycles. The molecule has 2 heterocycles. The van der Waals surface area contributed by atoms with Crippen molar-refractivity contribution in [1.29, 1.82) is 0 Å². The lowest BCUT2D eigenvalue weighted by Crippen LogP contribution is -2.26. The smallest absolute Gasteiger partial charge is 0.150 e. The molecule has 2 atom stereocenters. The molecule has 0 spiro atoms. The highest BCUT2D eigenvalue weighted by atomic mass is 32.2. The van der Waals surface area contributed by atoms with Crippen LogP contribution in [-0.4, -0.2) is 29.7 Å². The molecule has 0 radical (unpaired) electrons. The van der Waals surface area contributed by atoms with E-state index in [4.69, 9.17) is 5.73 Å². The van der Waals surface area contributed by atoms with Gasteiger partial charge in [0.1, 0.15) is 0 Å². The van der Waals surface area contributed by atoms with E-state index in [1.807, 2.05) is 24.6 Å². The van der Waals surface area contributed by atoms with Gasteiger partial charge < -0.3 is 5.73 Å². The van der Waals surface area contributed by atoms with Crippen LogP contribution < -0.4 is 5.73 Å². The van der Waals surface area contributed by atoms with E-state index in [1.54, 1.807) is 6.20 Å². The molecule has 2 rings (SSSR count). The number of rotatable bonds is 3. The summed E-state index contributed by atoms with van der Waals surface area (Å²) in [5, 5.41) is 4.23. The van der Waals surface area contributed by atoms with E-state index < -0.39 is 9.84 Å². The zero-order chi connectivity index (χ0) is 12.6. The van der Waals surface area contributed by atoms with Crippen molar-refractivity contribution in [2.45, 2.75) is 32.4 Å². The molecule has 6 heteroatoms. The van der Waals surface area contributed by atoms with Crippen molar-refractivity contribution in [2.24, 2.45) is 11.7 Å². The molecule has 2 unspecified atom stereocenters. The van der Waals surface area contributed by atoms with Gasteiger partial charge in [0.05, 0.1) is 23.2 Å². The molecular weight excluding hydrogens is 238 g/mol. The number of hydrogen-bond acceptors (Lipinski definition) is 4. The summed E-state index contributed by atoms with van der Waals surface area (Å²) in [6.07, 6.45) is 2.38. The van der Waals surface area contributed by atoms with Crippen LogP contribution in [0, 0.1) is 5.92 Å². The Morgan fingerprint density at radius 2 is 2.24 bits per heavy atom. The molecule has 0 saturated carbocycles. The zero-order valence-corrected chi connectivity index (χ0v) is 11.0. The average molecular weight is 257 g/mol. The summed E-state index contributed by atoms with van der Waals surface area (Å²) in [7, 11) is -2.87. The molecule has 96 valence electrons. The maximum absolute atomic E-state index is 11.5. The molecule has 0 bridgehead atoms. The lowest BCUT2D eigenvalue weighted by atomic mass is 9.97. The minimum atomic E-state index is -2.87.